The molecule has 1 unspecified atom stereocenters. The van der Waals surface area contributed by atoms with Crippen molar-refractivity contribution in [3.8, 4) is 0 Å². The van der Waals surface area contributed by atoms with Crippen molar-refractivity contribution in [2.24, 2.45) is 0 Å². The van der Waals surface area contributed by atoms with Gasteiger partial charge in [-0.1, -0.05) is 39.1 Å². The zero-order valence-electron chi connectivity index (χ0n) is 15.2. The molecule has 8 heteroatoms. The van der Waals surface area contributed by atoms with Gasteiger partial charge in [-0.3, -0.25) is 0 Å². The molecule has 3 aromatic rings. The van der Waals surface area contributed by atoms with Crippen LogP contribution in [0.2, 0.25) is 10.0 Å². The number of carbonyl (C=O) groups excluding carboxylic acids is 1. The summed E-state index contributed by atoms with van der Waals surface area (Å²) >= 11 is 18.1. The molecule has 2 N–H and O–H groups in total. The average Bonchev–Trinajstić information content (AvgIpc) is 2.97. The highest BCUT2D eigenvalue weighted by atomic mass is 127. The molecule has 0 aliphatic rings. The number of halogens is 4. The van der Waals surface area contributed by atoms with E-state index in [-0.39, 0.29) is 0 Å². The van der Waals surface area contributed by atoms with Gasteiger partial charge >= 0.3 is 5.97 Å². The molecule has 0 aliphatic carbocycles. The molecular weight excluding hydrogens is 580 g/mol. The normalized spacial score (nSPS) is 13.0. The molecule has 1 atom stereocenters. The van der Waals surface area contributed by atoms with Crippen LogP contribution in [-0.4, -0.2) is 21.7 Å². The molecule has 0 radical (unpaired) electrons. The van der Waals surface area contributed by atoms with Crippen molar-refractivity contribution in [2.45, 2.75) is 32.5 Å². The SMILES string of the molecule is CC(C)(C)OC(=O)c1ccc(Cl)c(C(O)c2cc3c(Cl)cc(Br)cc3[nH]2)c1I. The Morgan fingerprint density at radius 3 is 2.54 bits per heavy atom. The van der Waals surface area contributed by atoms with Crippen LogP contribution < -0.4 is 0 Å². The van der Waals surface area contributed by atoms with E-state index in [0.717, 1.165) is 15.4 Å². The van der Waals surface area contributed by atoms with Gasteiger partial charge in [0.05, 0.1) is 10.6 Å². The van der Waals surface area contributed by atoms with Gasteiger partial charge in [0.1, 0.15) is 11.7 Å². The molecule has 4 nitrogen and oxygen atoms in total. The Balaban J connectivity index is 2.07. The molecule has 148 valence electrons. The van der Waals surface area contributed by atoms with Gasteiger partial charge in [-0.2, -0.15) is 0 Å². The first-order chi connectivity index (χ1) is 13.0. The number of rotatable bonds is 3. The smallest absolute Gasteiger partial charge is 0.339 e. The third-order valence-electron chi connectivity index (χ3n) is 3.99. The number of aliphatic hydroxyl groups excluding tert-OH is 1. The predicted octanol–water partition coefficient (Wildman–Crippen LogP) is 6.88. The molecule has 3 rings (SSSR count). The standard InChI is InChI=1S/C20H17BrCl2INO3/c1-20(2,3)28-19(27)10-4-5-12(22)16(17(10)24)18(26)15-8-11-13(23)6-9(21)7-14(11)25-15/h4-8,18,25-26H,1-3H3. The molecule has 0 bridgehead atoms. The molecule has 0 saturated heterocycles. The monoisotopic (exact) mass is 595 g/mol. The number of aromatic nitrogens is 1. The van der Waals surface area contributed by atoms with Gasteiger partial charge in [0.25, 0.3) is 0 Å². The summed E-state index contributed by atoms with van der Waals surface area (Å²) in [6, 6.07) is 8.64. The zero-order valence-corrected chi connectivity index (χ0v) is 20.5. The van der Waals surface area contributed by atoms with Crippen molar-refractivity contribution in [1.29, 1.82) is 0 Å². The van der Waals surface area contributed by atoms with Crippen LogP contribution in [0, 0.1) is 3.57 Å². The first-order valence-corrected chi connectivity index (χ1v) is 11.0. The lowest BCUT2D eigenvalue weighted by Crippen LogP contribution is -2.24. The third-order valence-corrected chi connectivity index (χ3v) is 6.25. The Kier molecular flexibility index (Phi) is 6.37. The molecule has 0 amide bonds. The number of carbonyl (C=O) groups is 1. The van der Waals surface area contributed by atoms with Crippen LogP contribution in [0.4, 0.5) is 0 Å². The van der Waals surface area contributed by atoms with Gasteiger partial charge in [0.15, 0.2) is 0 Å². The van der Waals surface area contributed by atoms with Crippen molar-refractivity contribution >= 4 is 78.6 Å². The van der Waals surface area contributed by atoms with Gasteiger partial charge in [-0.15, -0.1) is 0 Å². The van der Waals surface area contributed by atoms with Crippen molar-refractivity contribution < 1.29 is 14.6 Å². The van der Waals surface area contributed by atoms with Crippen LogP contribution in [0.3, 0.4) is 0 Å². The lowest BCUT2D eigenvalue weighted by Gasteiger charge is -2.21. The molecule has 1 aromatic heterocycles. The minimum absolute atomic E-state index is 0.353. The molecule has 2 aromatic carbocycles. The van der Waals surface area contributed by atoms with E-state index in [1.807, 2.05) is 28.7 Å². The number of ether oxygens (including phenoxy) is 1. The third kappa shape index (κ3) is 4.51. The van der Waals surface area contributed by atoms with E-state index in [0.29, 0.717) is 30.4 Å². The van der Waals surface area contributed by atoms with E-state index in [2.05, 4.69) is 20.9 Å². The minimum Gasteiger partial charge on any atom is -0.456 e. The molecule has 0 saturated carbocycles. The summed E-state index contributed by atoms with van der Waals surface area (Å²) in [5.41, 5.74) is 1.47. The Morgan fingerprint density at radius 2 is 1.89 bits per heavy atom. The number of fused-ring (bicyclic) bond motifs is 1. The second kappa shape index (κ2) is 8.14. The second-order valence-electron chi connectivity index (χ2n) is 7.30. The predicted molar refractivity (Wildman–Crippen MR) is 124 cm³/mol. The molecule has 0 fully saturated rings. The summed E-state index contributed by atoms with van der Waals surface area (Å²) in [6.07, 6.45) is -1.07. The van der Waals surface area contributed by atoms with Gasteiger partial charge in [0, 0.05) is 35.2 Å². The van der Waals surface area contributed by atoms with Crippen LogP contribution >= 0.6 is 61.7 Å². The van der Waals surface area contributed by atoms with Crippen LogP contribution in [0.1, 0.15) is 48.5 Å². The number of hydrogen-bond acceptors (Lipinski definition) is 3. The highest BCUT2D eigenvalue weighted by Gasteiger charge is 2.26. The highest BCUT2D eigenvalue weighted by Crippen LogP contribution is 2.37. The van der Waals surface area contributed by atoms with E-state index in [1.54, 1.807) is 45.0 Å². The molecule has 28 heavy (non-hydrogen) atoms. The van der Waals surface area contributed by atoms with Crippen LogP contribution in [0.25, 0.3) is 10.9 Å². The van der Waals surface area contributed by atoms with E-state index in [4.69, 9.17) is 27.9 Å². The van der Waals surface area contributed by atoms with Gasteiger partial charge in [0.2, 0.25) is 0 Å². The topological polar surface area (TPSA) is 62.3 Å². The Morgan fingerprint density at radius 1 is 1.21 bits per heavy atom. The number of esters is 1. The summed E-state index contributed by atoms with van der Waals surface area (Å²) in [4.78, 5) is 15.7. The maximum atomic E-state index is 12.5. The van der Waals surface area contributed by atoms with Gasteiger partial charge in [-0.25, -0.2) is 4.79 Å². The van der Waals surface area contributed by atoms with Crippen LogP contribution in [-0.2, 0) is 4.74 Å². The molecule has 1 heterocycles. The summed E-state index contributed by atoms with van der Waals surface area (Å²) in [5.74, 6) is -0.467. The number of H-pyrrole nitrogens is 1. The number of benzene rings is 2. The lowest BCUT2D eigenvalue weighted by molar-refractivity contribution is 0.00680. The quantitative estimate of drug-likeness (QED) is 0.256. The Bertz CT molecular complexity index is 1080. The van der Waals surface area contributed by atoms with Gasteiger partial charge < -0.3 is 14.8 Å². The summed E-state index contributed by atoms with van der Waals surface area (Å²) < 4.78 is 6.83. The van der Waals surface area contributed by atoms with Crippen molar-refractivity contribution in [3.05, 3.63) is 65.2 Å². The number of aromatic amines is 1. The second-order valence-corrected chi connectivity index (χ2v) is 10.1. The maximum Gasteiger partial charge on any atom is 0.339 e. The fourth-order valence-corrected chi connectivity index (χ4v) is 5.06. The molecular formula is C20H17BrCl2INO3. The zero-order chi connectivity index (χ0) is 20.8. The summed E-state index contributed by atoms with van der Waals surface area (Å²) in [7, 11) is 0. The maximum absolute atomic E-state index is 12.5. The fraction of sp³-hybridized carbons (Fsp3) is 0.250. The first-order valence-electron chi connectivity index (χ1n) is 8.35. The number of hydrogen-bond donors (Lipinski definition) is 2. The lowest BCUT2D eigenvalue weighted by atomic mass is 10.0. The fourth-order valence-electron chi connectivity index (χ4n) is 2.80. The number of nitrogens with one attached hydrogen (secondary N) is 1. The van der Waals surface area contributed by atoms with Crippen molar-refractivity contribution in [2.75, 3.05) is 0 Å². The molecule has 0 spiro atoms. The van der Waals surface area contributed by atoms with E-state index in [1.165, 1.54) is 0 Å². The average molecular weight is 597 g/mol. The van der Waals surface area contributed by atoms with Crippen LogP contribution in [0.15, 0.2) is 34.8 Å². The van der Waals surface area contributed by atoms with Crippen LogP contribution in [0.5, 0.6) is 0 Å². The van der Waals surface area contributed by atoms with E-state index in [9.17, 15) is 9.90 Å². The Hall–Kier alpha value is -0.800. The van der Waals surface area contributed by atoms with Gasteiger partial charge in [-0.05, 0) is 73.7 Å². The van der Waals surface area contributed by atoms with E-state index >= 15 is 0 Å². The molecule has 0 aliphatic heterocycles. The number of aliphatic hydroxyl groups is 1. The minimum atomic E-state index is -1.07. The summed E-state index contributed by atoms with van der Waals surface area (Å²) in [6.45, 7) is 5.40. The van der Waals surface area contributed by atoms with E-state index < -0.39 is 17.7 Å². The largest absolute Gasteiger partial charge is 0.456 e. The van der Waals surface area contributed by atoms with Crippen molar-refractivity contribution in [3.63, 3.8) is 0 Å². The Labute approximate surface area is 194 Å². The first kappa shape index (κ1) is 21.9. The highest BCUT2D eigenvalue weighted by molar-refractivity contribution is 14.1. The summed E-state index contributed by atoms with van der Waals surface area (Å²) in [5, 5.41) is 12.7. The van der Waals surface area contributed by atoms with Crippen molar-refractivity contribution in [1.82, 2.24) is 4.98 Å².